The van der Waals surface area contributed by atoms with Crippen molar-refractivity contribution in [3.05, 3.63) is 261 Å². The van der Waals surface area contributed by atoms with Gasteiger partial charge in [-0.15, -0.1) is 22.2 Å². The molecule has 5 aromatic heterocycles. The van der Waals surface area contributed by atoms with Crippen LogP contribution in [0.3, 0.4) is 0 Å². The summed E-state index contributed by atoms with van der Waals surface area (Å²) in [6.45, 7) is 83.4. The summed E-state index contributed by atoms with van der Waals surface area (Å²) in [6, 6.07) is 72.9. The van der Waals surface area contributed by atoms with E-state index in [0.717, 1.165) is 111 Å². The van der Waals surface area contributed by atoms with Crippen LogP contribution in [0.4, 0.5) is 0 Å². The first-order chi connectivity index (χ1) is 62.9. The zero-order valence-corrected chi connectivity index (χ0v) is 92.2. The molecule has 13 aromatic rings. The van der Waals surface area contributed by atoms with Gasteiger partial charge < -0.3 is 9.97 Å². The molecule has 15 rings (SSSR count). The van der Waals surface area contributed by atoms with Crippen LogP contribution in [-0.2, 0) is 43.3 Å². The molecule has 0 spiro atoms. The Morgan fingerprint density at radius 2 is 0.324 bits per heavy atom. The quantitative estimate of drug-likeness (QED) is 0.116. The van der Waals surface area contributed by atoms with Crippen molar-refractivity contribution >= 4 is 54.4 Å². The van der Waals surface area contributed by atoms with E-state index >= 15 is 0 Å². The fraction of sp³-hybridized carbons (Fsp3) is 0.355. The third-order valence-corrected chi connectivity index (χ3v) is 28.8. The largest absolute Gasteiger partial charge is 0.354 e. The second-order valence-corrected chi connectivity index (χ2v) is 69.4. The fourth-order valence-electron chi connectivity index (χ4n) is 17.0. The molecular weight excluding hydrogens is 1710 g/mol. The molecular formula is C124H142N8Si4. The normalized spacial score (nSPS) is 12.9. The van der Waals surface area contributed by atoms with E-state index in [1.165, 1.54) is 44.5 Å². The number of aromatic amines is 2. The third kappa shape index (κ3) is 21.9. The number of aromatic nitrogens is 8. The molecule has 0 fully saturated rings. The molecule has 7 heterocycles. The SMILES string of the molecule is CC(C)(C)c1cc(-c2c3nc(c(-c4cc(C(C)(C)C)cc(C(C)(C)C)c4)c4ccc([nH]4)c(-c4cc(C(C)(C)C)cc(C(C)(C)C)c4)c4nc(c(-c5cc(C(C)(C)C)cc(C(C)(C)C)c5)c5ccc2[nH]5)-c2nc(-c5ccc(C#C[Si](C)(C)C)cc5)c(-c5ccc(C#C[Si](C)(C)C)cc5)nc2-4)-c2nc(-c4ccc(C#C[Si](C)(C)C)cc4)c(-c4ccc(C#C[Si](C)(C)C)cc4)nc2-3)cc(C(C)(C)C)c1. The van der Waals surface area contributed by atoms with Crippen molar-refractivity contribution in [2.24, 2.45) is 0 Å². The predicted octanol–water partition coefficient (Wildman–Crippen LogP) is 33.2. The molecule has 2 aliphatic rings. The van der Waals surface area contributed by atoms with Gasteiger partial charge in [-0.05, 0) is 183 Å². The van der Waals surface area contributed by atoms with Crippen molar-refractivity contribution in [2.45, 2.75) is 288 Å². The van der Waals surface area contributed by atoms with Gasteiger partial charge >= 0.3 is 0 Å². The molecule has 8 aromatic carbocycles. The van der Waals surface area contributed by atoms with Gasteiger partial charge in [-0.25, -0.2) is 29.9 Å². The summed E-state index contributed by atoms with van der Waals surface area (Å²) in [6.07, 6.45) is 0. The van der Waals surface area contributed by atoms with Crippen molar-refractivity contribution in [3.63, 3.8) is 0 Å². The lowest BCUT2D eigenvalue weighted by Crippen LogP contribution is -2.16. The van der Waals surface area contributed by atoms with E-state index in [1.54, 1.807) is 0 Å². The van der Waals surface area contributed by atoms with Crippen molar-refractivity contribution in [2.75, 3.05) is 0 Å². The lowest BCUT2D eigenvalue weighted by atomic mass is 9.78. The number of H-pyrrole nitrogens is 2. The average molecular weight is 1860 g/mol. The number of nitrogens with zero attached hydrogens (tertiary/aromatic N) is 6. The molecule has 0 saturated carbocycles. The fourth-order valence-corrected chi connectivity index (χ4v) is 19.0. The molecule has 8 bridgehead atoms. The molecule has 12 heteroatoms. The highest BCUT2D eigenvalue weighted by Gasteiger charge is 2.38. The van der Waals surface area contributed by atoms with Gasteiger partial charge in [-0.1, -0.05) is 390 Å². The molecule has 2 aliphatic heterocycles. The second kappa shape index (κ2) is 35.3. The highest BCUT2D eigenvalue weighted by molar-refractivity contribution is 6.85. The number of rotatable bonds is 8. The van der Waals surface area contributed by atoms with Crippen LogP contribution in [0, 0.1) is 45.9 Å². The molecule has 136 heavy (non-hydrogen) atoms. The molecule has 2 N–H and O–H groups in total. The van der Waals surface area contributed by atoms with Crippen molar-refractivity contribution in [1.82, 2.24) is 39.9 Å². The summed E-state index contributed by atoms with van der Waals surface area (Å²) in [5.41, 5.74) is 47.8. The highest BCUT2D eigenvalue weighted by atomic mass is 28.3. The summed E-state index contributed by atoms with van der Waals surface area (Å²) in [5, 5.41) is 0. The van der Waals surface area contributed by atoms with Crippen LogP contribution in [0.1, 0.15) is 233 Å². The Balaban J connectivity index is 1.26. The number of hydrogen-bond donors (Lipinski definition) is 2. The topological polar surface area (TPSA) is 109 Å². The predicted molar refractivity (Wildman–Crippen MR) is 595 cm³/mol. The van der Waals surface area contributed by atoms with Crippen molar-refractivity contribution in [1.29, 1.82) is 0 Å². The Morgan fingerprint density at radius 3 is 0.463 bits per heavy atom. The van der Waals surface area contributed by atoms with Crippen LogP contribution in [0.25, 0.3) is 157 Å². The number of benzene rings is 8. The third-order valence-electron chi connectivity index (χ3n) is 25.3. The maximum Gasteiger partial charge on any atom is 0.129 e. The molecule has 694 valence electrons. The maximum absolute atomic E-state index is 6.53. The van der Waals surface area contributed by atoms with Gasteiger partial charge in [-0.2, -0.15) is 0 Å². The van der Waals surface area contributed by atoms with Gasteiger partial charge in [0.1, 0.15) is 77.8 Å². The van der Waals surface area contributed by atoms with Crippen LogP contribution in [0.2, 0.25) is 78.6 Å². The second-order valence-electron chi connectivity index (χ2n) is 50.4. The van der Waals surface area contributed by atoms with E-state index in [-0.39, 0.29) is 43.3 Å². The van der Waals surface area contributed by atoms with Gasteiger partial charge in [0.05, 0.1) is 22.8 Å². The minimum Gasteiger partial charge on any atom is -0.354 e. The van der Waals surface area contributed by atoms with Crippen molar-refractivity contribution in [3.8, 4) is 181 Å². The zero-order chi connectivity index (χ0) is 99.0. The smallest absolute Gasteiger partial charge is 0.129 e. The summed E-state index contributed by atoms with van der Waals surface area (Å²) in [4.78, 5) is 47.2. The first kappa shape index (κ1) is 98.7. The minimum atomic E-state index is -1.77. The van der Waals surface area contributed by atoms with E-state index in [0.29, 0.717) is 68.3 Å². The van der Waals surface area contributed by atoms with Crippen LogP contribution in [0.15, 0.2) is 194 Å². The first-order valence-corrected chi connectivity index (χ1v) is 62.7. The molecule has 8 nitrogen and oxygen atoms in total. The van der Waals surface area contributed by atoms with E-state index in [4.69, 9.17) is 29.9 Å². The summed E-state index contributed by atoms with van der Waals surface area (Å²) < 4.78 is 0. The molecule has 0 radical (unpaired) electrons. The van der Waals surface area contributed by atoms with Gasteiger partial charge in [0.25, 0.3) is 0 Å². The standard InChI is InChI=1S/C124H142N8Si4/c1-117(2,3)89-65-85(66-90(73-89)118(4,5)6)101-97-53-54-98(125-97)102(86-67-91(119(7,8)9)74-92(68-86)120(10,11)12)111-115-116(130-108(84-51-43-80(44-52-84)60-64-136(34,35)36)107(129-115)83-49-41-79(42-50-83)59-63-135(31,32)33)112(132-111)104(88-71-95(123(19,20)21)76-96(72-88)124(22,23)24)100-56-55-99(126-100)103(87-69-93(121(13,14)15)75-94(70-87)122(16,17)18)110-114-113(109(101)131-110)127-105(81-45-37-77(38-46-81)57-61-133(25,26)27)106(128-114)82-47-39-78(40-48-82)58-62-134(28,29)30/h37-56,65-76,125-126H,1-36H3. The first-order valence-electron chi connectivity index (χ1n) is 48.7. The Hall–Kier alpha value is -11.9. The number of fused-ring (bicyclic) bond motifs is 14. The zero-order valence-electron chi connectivity index (χ0n) is 88.2. The van der Waals surface area contributed by atoms with Crippen LogP contribution in [0.5, 0.6) is 0 Å². The summed E-state index contributed by atoms with van der Waals surface area (Å²) in [5.74, 6) is 14.3. The van der Waals surface area contributed by atoms with Crippen LogP contribution >= 0.6 is 0 Å². The van der Waals surface area contributed by atoms with Gasteiger partial charge in [-0.3, -0.25) is 0 Å². The number of nitrogens with one attached hydrogen (secondary N) is 2. The highest BCUT2D eigenvalue weighted by Crippen LogP contribution is 2.54. The Labute approximate surface area is 818 Å². The van der Waals surface area contributed by atoms with Crippen LogP contribution < -0.4 is 0 Å². The molecule has 0 aliphatic carbocycles. The average Bonchev–Trinajstić information content (AvgIpc) is 1.56. The van der Waals surface area contributed by atoms with E-state index in [1.807, 2.05) is 0 Å². The van der Waals surface area contributed by atoms with Gasteiger partial charge in [0.15, 0.2) is 0 Å². The molecule has 0 atom stereocenters. The maximum atomic E-state index is 6.53. The van der Waals surface area contributed by atoms with Crippen molar-refractivity contribution < 1.29 is 0 Å². The Bertz CT molecular complexity index is 6400. The lowest BCUT2D eigenvalue weighted by molar-refractivity contribution is 0.568. The lowest BCUT2D eigenvalue weighted by Gasteiger charge is -2.26. The molecule has 0 amide bonds. The monoisotopic (exact) mass is 1860 g/mol. The van der Waals surface area contributed by atoms with E-state index in [2.05, 4.69) is 495 Å². The summed E-state index contributed by atoms with van der Waals surface area (Å²) in [7, 11) is -7.07. The Kier molecular flexibility index (Phi) is 25.6. The number of hydrogen-bond acceptors (Lipinski definition) is 6. The van der Waals surface area contributed by atoms with Gasteiger partial charge in [0, 0.05) is 88.8 Å². The van der Waals surface area contributed by atoms with Crippen LogP contribution in [-0.4, -0.2) is 72.2 Å². The van der Waals surface area contributed by atoms with Gasteiger partial charge in [0.2, 0.25) is 0 Å². The Morgan fingerprint density at radius 1 is 0.176 bits per heavy atom. The van der Waals surface area contributed by atoms with E-state index < -0.39 is 32.3 Å². The minimum absolute atomic E-state index is 0.305. The van der Waals surface area contributed by atoms with E-state index in [9.17, 15) is 0 Å². The molecule has 0 saturated heterocycles. The summed E-state index contributed by atoms with van der Waals surface area (Å²) >= 11 is 0. The molecule has 0 unspecified atom stereocenters.